The van der Waals surface area contributed by atoms with Crippen molar-refractivity contribution in [3.63, 3.8) is 0 Å². The Kier molecular flexibility index (Phi) is 7.51. The molecule has 0 aliphatic carbocycles. The summed E-state index contributed by atoms with van der Waals surface area (Å²) in [7, 11) is 1.66. The Morgan fingerprint density at radius 3 is 2.27 bits per heavy atom. The van der Waals surface area contributed by atoms with Gasteiger partial charge in [0.2, 0.25) is 0 Å². The van der Waals surface area contributed by atoms with E-state index in [0.29, 0.717) is 12.1 Å². The molecular weight excluding hydrogens is 398 g/mol. The van der Waals surface area contributed by atoms with Gasteiger partial charge < -0.3 is 9.64 Å². The summed E-state index contributed by atoms with van der Waals surface area (Å²) in [5.41, 5.74) is 3.69. The van der Waals surface area contributed by atoms with Crippen LogP contribution in [0.25, 0.3) is 11.1 Å². The van der Waals surface area contributed by atoms with Crippen molar-refractivity contribution < 1.29 is 19.1 Å². The molecule has 3 aromatic rings. The molecular formula is C24H23NO4S. The molecule has 6 heteroatoms. The summed E-state index contributed by atoms with van der Waals surface area (Å²) in [4.78, 5) is 37.8. The van der Waals surface area contributed by atoms with Gasteiger partial charge in [-0.15, -0.1) is 0 Å². The first-order chi connectivity index (χ1) is 14.5. The largest absolute Gasteiger partial charge is 0.456 e. The van der Waals surface area contributed by atoms with Crippen LogP contribution in [0.2, 0.25) is 0 Å². The minimum Gasteiger partial charge on any atom is -0.456 e. The standard InChI is InChI=1S/C24H23NO4S/c1-25(15-18-13-14-30-17-18)23(27)16-29-24(28)12-11-22(26)21-9-7-20(8-10-21)19-5-3-2-4-6-19/h2-10,13-14,17H,11-12,15-16H2,1H3. The van der Waals surface area contributed by atoms with Gasteiger partial charge in [-0.05, 0) is 33.5 Å². The van der Waals surface area contributed by atoms with Crippen molar-refractivity contribution in [3.8, 4) is 11.1 Å². The molecule has 0 bridgehead atoms. The number of hydrogen-bond acceptors (Lipinski definition) is 5. The number of nitrogens with zero attached hydrogens (tertiary/aromatic N) is 1. The van der Waals surface area contributed by atoms with Crippen molar-refractivity contribution in [3.05, 3.63) is 82.6 Å². The van der Waals surface area contributed by atoms with Gasteiger partial charge in [0.15, 0.2) is 12.4 Å². The Morgan fingerprint density at radius 2 is 1.60 bits per heavy atom. The molecule has 0 unspecified atom stereocenters. The zero-order valence-corrected chi connectivity index (χ0v) is 17.6. The number of ketones is 1. The predicted molar refractivity (Wildman–Crippen MR) is 117 cm³/mol. The van der Waals surface area contributed by atoms with Crippen LogP contribution in [0.1, 0.15) is 28.8 Å². The molecule has 0 saturated carbocycles. The minimum absolute atomic E-state index is 0.0441. The first kappa shape index (κ1) is 21.5. The third kappa shape index (κ3) is 6.12. The number of thiophene rings is 1. The van der Waals surface area contributed by atoms with Crippen LogP contribution in [0.4, 0.5) is 0 Å². The summed E-state index contributed by atoms with van der Waals surface area (Å²) in [5, 5.41) is 3.91. The fourth-order valence-corrected chi connectivity index (χ4v) is 3.57. The van der Waals surface area contributed by atoms with E-state index in [1.54, 1.807) is 30.5 Å². The highest BCUT2D eigenvalue weighted by molar-refractivity contribution is 7.07. The second-order valence-corrected chi connectivity index (χ2v) is 7.69. The second-order valence-electron chi connectivity index (χ2n) is 6.91. The molecule has 2 aromatic carbocycles. The zero-order valence-electron chi connectivity index (χ0n) is 16.7. The normalized spacial score (nSPS) is 10.4. The highest BCUT2D eigenvalue weighted by Crippen LogP contribution is 2.20. The Labute approximate surface area is 179 Å². The van der Waals surface area contributed by atoms with E-state index in [9.17, 15) is 14.4 Å². The Morgan fingerprint density at radius 1 is 0.900 bits per heavy atom. The summed E-state index contributed by atoms with van der Waals surface area (Å²) in [5.74, 6) is -0.966. The molecule has 0 fully saturated rings. The van der Waals surface area contributed by atoms with Gasteiger partial charge in [-0.1, -0.05) is 54.6 Å². The maximum absolute atomic E-state index is 12.3. The smallest absolute Gasteiger partial charge is 0.306 e. The van der Waals surface area contributed by atoms with E-state index in [1.807, 2.05) is 59.3 Å². The molecule has 154 valence electrons. The maximum atomic E-state index is 12.3. The first-order valence-electron chi connectivity index (χ1n) is 9.62. The van der Waals surface area contributed by atoms with Crippen LogP contribution in [0, 0.1) is 0 Å². The van der Waals surface area contributed by atoms with Gasteiger partial charge in [0.25, 0.3) is 5.91 Å². The quantitative estimate of drug-likeness (QED) is 0.375. The average molecular weight is 422 g/mol. The first-order valence-corrected chi connectivity index (χ1v) is 10.6. The summed E-state index contributed by atoms with van der Waals surface area (Å²) >= 11 is 1.56. The molecule has 1 aromatic heterocycles. The molecule has 30 heavy (non-hydrogen) atoms. The van der Waals surface area contributed by atoms with Gasteiger partial charge in [0, 0.05) is 25.6 Å². The number of esters is 1. The summed E-state index contributed by atoms with van der Waals surface area (Å²) in [6.07, 6.45) is -0.0107. The average Bonchev–Trinajstić information content (AvgIpc) is 3.29. The molecule has 0 N–H and O–H groups in total. The topological polar surface area (TPSA) is 63.7 Å². The number of likely N-dealkylation sites (N-methyl/N-ethyl adjacent to an activating group) is 1. The molecule has 1 heterocycles. The van der Waals surface area contributed by atoms with E-state index in [0.717, 1.165) is 16.7 Å². The van der Waals surface area contributed by atoms with E-state index in [1.165, 1.54) is 4.90 Å². The second kappa shape index (κ2) is 10.5. The van der Waals surface area contributed by atoms with Crippen molar-refractivity contribution in [1.82, 2.24) is 4.90 Å². The molecule has 0 spiro atoms. The lowest BCUT2D eigenvalue weighted by Gasteiger charge is -2.16. The van der Waals surface area contributed by atoms with Crippen molar-refractivity contribution in [2.75, 3.05) is 13.7 Å². The minimum atomic E-state index is -0.554. The number of carbonyl (C=O) groups is 3. The van der Waals surface area contributed by atoms with Crippen molar-refractivity contribution in [2.45, 2.75) is 19.4 Å². The van der Waals surface area contributed by atoms with Crippen LogP contribution >= 0.6 is 11.3 Å². The lowest BCUT2D eigenvalue weighted by molar-refractivity contribution is -0.151. The summed E-state index contributed by atoms with van der Waals surface area (Å²) in [6.45, 7) is 0.150. The van der Waals surface area contributed by atoms with E-state index in [4.69, 9.17) is 4.74 Å². The fourth-order valence-electron chi connectivity index (χ4n) is 2.91. The SMILES string of the molecule is CN(Cc1ccsc1)C(=O)COC(=O)CCC(=O)c1ccc(-c2ccccc2)cc1. The third-order valence-electron chi connectivity index (χ3n) is 4.65. The Balaban J connectivity index is 1.42. The van der Waals surface area contributed by atoms with E-state index in [-0.39, 0.29) is 31.1 Å². The number of amides is 1. The number of carbonyl (C=O) groups excluding carboxylic acids is 3. The lowest BCUT2D eigenvalue weighted by atomic mass is 10.0. The maximum Gasteiger partial charge on any atom is 0.306 e. The zero-order chi connectivity index (χ0) is 21.3. The fraction of sp³-hybridized carbons (Fsp3) is 0.208. The van der Waals surface area contributed by atoms with Gasteiger partial charge in [-0.3, -0.25) is 14.4 Å². The van der Waals surface area contributed by atoms with Crippen LogP contribution in [-0.2, 0) is 20.9 Å². The highest BCUT2D eigenvalue weighted by Gasteiger charge is 2.14. The van der Waals surface area contributed by atoms with Crippen molar-refractivity contribution >= 4 is 29.0 Å². The summed E-state index contributed by atoms with van der Waals surface area (Å²) in [6, 6.07) is 19.1. The molecule has 0 aliphatic heterocycles. The molecule has 3 rings (SSSR count). The third-order valence-corrected chi connectivity index (χ3v) is 5.38. The molecule has 1 amide bonds. The summed E-state index contributed by atoms with van der Waals surface area (Å²) < 4.78 is 5.03. The van der Waals surface area contributed by atoms with Crippen LogP contribution in [0.5, 0.6) is 0 Å². The number of rotatable bonds is 9. The van der Waals surface area contributed by atoms with Crippen molar-refractivity contribution in [2.24, 2.45) is 0 Å². The molecule has 0 atom stereocenters. The van der Waals surface area contributed by atoms with Crippen LogP contribution in [-0.4, -0.2) is 36.2 Å². The lowest BCUT2D eigenvalue weighted by Crippen LogP contribution is -2.30. The van der Waals surface area contributed by atoms with Gasteiger partial charge >= 0.3 is 5.97 Å². The van der Waals surface area contributed by atoms with Gasteiger partial charge in [-0.25, -0.2) is 0 Å². The molecule has 5 nitrogen and oxygen atoms in total. The van der Waals surface area contributed by atoms with Crippen molar-refractivity contribution in [1.29, 1.82) is 0 Å². The predicted octanol–water partition coefficient (Wildman–Crippen LogP) is 4.58. The van der Waals surface area contributed by atoms with Gasteiger partial charge in [0.1, 0.15) is 0 Å². The molecule has 0 radical (unpaired) electrons. The Bertz CT molecular complexity index is 982. The van der Waals surface area contributed by atoms with E-state index in [2.05, 4.69) is 0 Å². The van der Waals surface area contributed by atoms with Crippen LogP contribution < -0.4 is 0 Å². The number of hydrogen-bond donors (Lipinski definition) is 0. The highest BCUT2D eigenvalue weighted by atomic mass is 32.1. The van der Waals surface area contributed by atoms with Gasteiger partial charge in [-0.2, -0.15) is 11.3 Å². The number of Topliss-reactive ketones (excluding diaryl/α,β-unsaturated/α-hetero) is 1. The Hall–Kier alpha value is -3.25. The number of benzene rings is 2. The van der Waals surface area contributed by atoms with Crippen LogP contribution in [0.3, 0.4) is 0 Å². The molecule has 0 saturated heterocycles. The van der Waals surface area contributed by atoms with Crippen LogP contribution in [0.15, 0.2) is 71.4 Å². The number of ether oxygens (including phenoxy) is 1. The van der Waals surface area contributed by atoms with E-state index < -0.39 is 5.97 Å². The monoisotopic (exact) mass is 421 g/mol. The van der Waals surface area contributed by atoms with Gasteiger partial charge in [0.05, 0.1) is 6.42 Å². The molecule has 0 aliphatic rings. The van der Waals surface area contributed by atoms with E-state index >= 15 is 0 Å².